The van der Waals surface area contributed by atoms with Gasteiger partial charge in [-0.05, 0) is 44.9 Å². The van der Waals surface area contributed by atoms with Gasteiger partial charge in [-0.25, -0.2) is 4.98 Å². The molecule has 1 aromatic heterocycles. The zero-order valence-electron chi connectivity index (χ0n) is 12.3. The molecule has 4 heteroatoms. The van der Waals surface area contributed by atoms with Gasteiger partial charge in [0.15, 0.2) is 0 Å². The standard InChI is InChI=1S/C16H22N4/c1-3-10-19-16(2,12-17)9-6-11-20-13-18-14-7-4-5-8-15(14)20/h4-5,7-8,13,19H,3,6,9-11H2,1-2H3. The predicted octanol–water partition coefficient (Wildman–Crippen LogP) is 3.10. The van der Waals surface area contributed by atoms with Gasteiger partial charge in [-0.1, -0.05) is 19.1 Å². The van der Waals surface area contributed by atoms with Crippen molar-refractivity contribution in [2.24, 2.45) is 0 Å². The number of aryl methyl sites for hydroxylation is 1. The molecular formula is C16H22N4. The van der Waals surface area contributed by atoms with Crippen molar-refractivity contribution in [3.63, 3.8) is 0 Å². The molecule has 0 aliphatic carbocycles. The first-order chi connectivity index (χ1) is 9.68. The van der Waals surface area contributed by atoms with Crippen molar-refractivity contribution < 1.29 is 0 Å². The largest absolute Gasteiger partial charge is 0.331 e. The summed E-state index contributed by atoms with van der Waals surface area (Å²) in [6.07, 6.45) is 4.73. The van der Waals surface area contributed by atoms with Crippen molar-refractivity contribution in [3.05, 3.63) is 30.6 Å². The van der Waals surface area contributed by atoms with Crippen molar-refractivity contribution in [2.45, 2.75) is 45.2 Å². The lowest BCUT2D eigenvalue weighted by Gasteiger charge is -2.23. The van der Waals surface area contributed by atoms with Gasteiger partial charge in [0.1, 0.15) is 5.54 Å². The molecule has 4 nitrogen and oxygen atoms in total. The number of aromatic nitrogens is 2. The van der Waals surface area contributed by atoms with E-state index in [1.165, 1.54) is 0 Å². The van der Waals surface area contributed by atoms with E-state index >= 15 is 0 Å². The van der Waals surface area contributed by atoms with Gasteiger partial charge in [0.2, 0.25) is 0 Å². The molecule has 2 rings (SSSR count). The number of hydrogen-bond acceptors (Lipinski definition) is 3. The molecule has 0 spiro atoms. The van der Waals surface area contributed by atoms with Crippen molar-refractivity contribution >= 4 is 11.0 Å². The van der Waals surface area contributed by atoms with Crippen LogP contribution in [0.3, 0.4) is 0 Å². The summed E-state index contributed by atoms with van der Waals surface area (Å²) < 4.78 is 2.16. The van der Waals surface area contributed by atoms with Gasteiger partial charge >= 0.3 is 0 Å². The molecule has 1 atom stereocenters. The number of hydrogen-bond donors (Lipinski definition) is 1. The van der Waals surface area contributed by atoms with Crippen LogP contribution in [0.25, 0.3) is 11.0 Å². The van der Waals surface area contributed by atoms with E-state index in [-0.39, 0.29) is 0 Å². The highest BCUT2D eigenvalue weighted by molar-refractivity contribution is 5.74. The molecule has 1 aromatic carbocycles. The maximum Gasteiger partial charge on any atom is 0.103 e. The summed E-state index contributed by atoms with van der Waals surface area (Å²) >= 11 is 0. The lowest BCUT2D eigenvalue weighted by molar-refractivity contribution is 0.396. The number of nitrogens with one attached hydrogen (secondary N) is 1. The van der Waals surface area contributed by atoms with Crippen LogP contribution in [0.4, 0.5) is 0 Å². The third kappa shape index (κ3) is 3.37. The van der Waals surface area contributed by atoms with Crippen LogP contribution in [0.1, 0.15) is 33.1 Å². The van der Waals surface area contributed by atoms with Crippen LogP contribution in [-0.4, -0.2) is 21.6 Å². The van der Waals surface area contributed by atoms with Crippen LogP contribution < -0.4 is 5.32 Å². The highest BCUT2D eigenvalue weighted by Gasteiger charge is 2.21. The topological polar surface area (TPSA) is 53.6 Å². The van der Waals surface area contributed by atoms with E-state index in [2.05, 4.69) is 33.9 Å². The van der Waals surface area contributed by atoms with Crippen molar-refractivity contribution in [2.75, 3.05) is 6.54 Å². The Morgan fingerprint density at radius 3 is 2.95 bits per heavy atom. The maximum atomic E-state index is 9.31. The van der Waals surface area contributed by atoms with Crippen LogP contribution in [0.5, 0.6) is 0 Å². The molecule has 1 N–H and O–H groups in total. The quantitative estimate of drug-likeness (QED) is 0.841. The van der Waals surface area contributed by atoms with E-state index in [4.69, 9.17) is 0 Å². The van der Waals surface area contributed by atoms with Gasteiger partial charge in [0, 0.05) is 6.54 Å². The fraction of sp³-hybridized carbons (Fsp3) is 0.500. The molecule has 0 amide bonds. The lowest BCUT2D eigenvalue weighted by Crippen LogP contribution is -2.41. The fourth-order valence-electron chi connectivity index (χ4n) is 2.38. The molecule has 0 bridgehead atoms. The molecule has 0 radical (unpaired) electrons. The normalized spacial score (nSPS) is 14.1. The minimum Gasteiger partial charge on any atom is -0.331 e. The molecule has 0 aliphatic heterocycles. The molecule has 0 saturated heterocycles. The molecule has 1 unspecified atom stereocenters. The monoisotopic (exact) mass is 270 g/mol. The van der Waals surface area contributed by atoms with Gasteiger partial charge in [-0.15, -0.1) is 0 Å². The zero-order valence-corrected chi connectivity index (χ0v) is 12.3. The Bertz CT molecular complexity index is 596. The summed E-state index contributed by atoms with van der Waals surface area (Å²) in [7, 11) is 0. The van der Waals surface area contributed by atoms with Crippen LogP contribution in [0, 0.1) is 11.3 Å². The summed E-state index contributed by atoms with van der Waals surface area (Å²) in [5.41, 5.74) is 1.76. The summed E-state index contributed by atoms with van der Waals surface area (Å²) in [5, 5.41) is 12.6. The Labute approximate surface area is 120 Å². The number of benzene rings is 1. The maximum absolute atomic E-state index is 9.31. The second kappa shape index (κ2) is 6.53. The third-order valence-electron chi connectivity index (χ3n) is 3.62. The van der Waals surface area contributed by atoms with Gasteiger partial charge < -0.3 is 4.57 Å². The van der Waals surface area contributed by atoms with E-state index in [0.29, 0.717) is 0 Å². The summed E-state index contributed by atoms with van der Waals surface area (Å²) in [4.78, 5) is 4.39. The first-order valence-corrected chi connectivity index (χ1v) is 7.25. The number of para-hydroxylation sites is 2. The Morgan fingerprint density at radius 1 is 1.40 bits per heavy atom. The smallest absolute Gasteiger partial charge is 0.103 e. The summed E-state index contributed by atoms with van der Waals surface area (Å²) in [6.45, 7) is 5.88. The highest BCUT2D eigenvalue weighted by atomic mass is 15.0. The zero-order chi connectivity index (χ0) is 14.4. The van der Waals surface area contributed by atoms with Crippen LogP contribution >= 0.6 is 0 Å². The number of nitrogens with zero attached hydrogens (tertiary/aromatic N) is 3. The van der Waals surface area contributed by atoms with Crippen molar-refractivity contribution in [1.29, 1.82) is 5.26 Å². The molecule has 1 heterocycles. The van der Waals surface area contributed by atoms with E-state index in [1.54, 1.807) is 0 Å². The summed E-state index contributed by atoms with van der Waals surface area (Å²) in [6, 6.07) is 10.5. The second-order valence-corrected chi connectivity index (χ2v) is 5.40. The first kappa shape index (κ1) is 14.5. The van der Waals surface area contributed by atoms with Crippen LogP contribution in [0.15, 0.2) is 30.6 Å². The Morgan fingerprint density at radius 2 is 2.20 bits per heavy atom. The molecular weight excluding hydrogens is 248 g/mol. The molecule has 20 heavy (non-hydrogen) atoms. The van der Waals surface area contributed by atoms with Crippen molar-refractivity contribution in [3.8, 4) is 6.07 Å². The van der Waals surface area contributed by atoms with E-state index in [9.17, 15) is 5.26 Å². The molecule has 0 aliphatic rings. The Balaban J connectivity index is 1.94. The van der Waals surface area contributed by atoms with E-state index in [0.717, 1.165) is 43.4 Å². The Kier molecular flexibility index (Phi) is 4.75. The lowest BCUT2D eigenvalue weighted by atomic mass is 9.97. The Hall–Kier alpha value is -1.86. The van der Waals surface area contributed by atoms with Crippen LogP contribution in [-0.2, 0) is 6.54 Å². The molecule has 106 valence electrons. The summed E-state index contributed by atoms with van der Waals surface area (Å²) in [5.74, 6) is 0. The number of rotatable bonds is 7. The molecule has 0 fully saturated rings. The number of nitriles is 1. The second-order valence-electron chi connectivity index (χ2n) is 5.40. The number of fused-ring (bicyclic) bond motifs is 1. The predicted molar refractivity (Wildman–Crippen MR) is 81.3 cm³/mol. The van der Waals surface area contributed by atoms with Crippen molar-refractivity contribution in [1.82, 2.24) is 14.9 Å². The van der Waals surface area contributed by atoms with E-state index < -0.39 is 5.54 Å². The minimum absolute atomic E-state index is 0.424. The number of imidazole rings is 1. The van der Waals surface area contributed by atoms with Gasteiger partial charge in [-0.3, -0.25) is 5.32 Å². The SMILES string of the molecule is CCCNC(C)(C#N)CCCn1cnc2ccccc21. The average Bonchev–Trinajstić information content (AvgIpc) is 2.89. The molecule has 2 aromatic rings. The minimum atomic E-state index is -0.424. The van der Waals surface area contributed by atoms with Gasteiger partial charge in [0.25, 0.3) is 0 Å². The fourth-order valence-corrected chi connectivity index (χ4v) is 2.38. The van der Waals surface area contributed by atoms with Gasteiger partial charge in [-0.2, -0.15) is 5.26 Å². The van der Waals surface area contributed by atoms with E-state index in [1.807, 2.05) is 31.5 Å². The van der Waals surface area contributed by atoms with Crippen LogP contribution in [0.2, 0.25) is 0 Å². The molecule has 0 saturated carbocycles. The third-order valence-corrected chi connectivity index (χ3v) is 3.62. The highest BCUT2D eigenvalue weighted by Crippen LogP contribution is 2.16. The average molecular weight is 270 g/mol. The van der Waals surface area contributed by atoms with Gasteiger partial charge in [0.05, 0.1) is 23.4 Å². The first-order valence-electron chi connectivity index (χ1n) is 7.25.